The molecule has 0 radical (unpaired) electrons. The summed E-state index contributed by atoms with van der Waals surface area (Å²) >= 11 is 0. The molecule has 0 aromatic carbocycles. The van der Waals surface area contributed by atoms with Crippen LogP contribution in [-0.2, 0) is 11.8 Å². The highest BCUT2D eigenvalue weighted by molar-refractivity contribution is 5.88. The van der Waals surface area contributed by atoms with E-state index in [0.29, 0.717) is 12.4 Å². The van der Waals surface area contributed by atoms with Gasteiger partial charge in [0.1, 0.15) is 5.52 Å². The lowest BCUT2D eigenvalue weighted by molar-refractivity contribution is 0.0372. The fraction of sp³-hybridized carbons (Fsp3) is 0.375. The number of hydrogen-bond acceptors (Lipinski definition) is 7. The van der Waals surface area contributed by atoms with Gasteiger partial charge in [0.25, 0.3) is 0 Å². The van der Waals surface area contributed by atoms with Crippen molar-refractivity contribution in [1.29, 1.82) is 0 Å². The van der Waals surface area contributed by atoms with Gasteiger partial charge in [0.2, 0.25) is 0 Å². The van der Waals surface area contributed by atoms with Crippen molar-refractivity contribution in [3.63, 3.8) is 0 Å². The van der Waals surface area contributed by atoms with Crippen molar-refractivity contribution in [1.82, 2.24) is 30.0 Å². The molecule has 8 nitrogen and oxygen atoms in total. The summed E-state index contributed by atoms with van der Waals surface area (Å²) in [4.78, 5) is 13.6. The number of hydrogen-bond donors (Lipinski definition) is 2. The zero-order chi connectivity index (χ0) is 16.4. The van der Waals surface area contributed by atoms with Crippen LogP contribution >= 0.6 is 0 Å². The van der Waals surface area contributed by atoms with Crippen LogP contribution in [0.2, 0.25) is 0 Å². The summed E-state index contributed by atoms with van der Waals surface area (Å²) in [6.07, 6.45) is 7.21. The van der Waals surface area contributed by atoms with Gasteiger partial charge in [-0.1, -0.05) is 0 Å². The van der Waals surface area contributed by atoms with E-state index >= 15 is 0 Å². The third-order valence-electron chi connectivity index (χ3n) is 3.96. The quantitative estimate of drug-likeness (QED) is 0.734. The van der Waals surface area contributed by atoms with Gasteiger partial charge in [-0.05, 0) is 6.07 Å². The van der Waals surface area contributed by atoms with Gasteiger partial charge in [0, 0.05) is 50.8 Å². The van der Waals surface area contributed by atoms with E-state index in [1.54, 1.807) is 23.3 Å². The van der Waals surface area contributed by atoms with Crippen LogP contribution in [0.1, 0.15) is 0 Å². The van der Waals surface area contributed by atoms with Gasteiger partial charge in [-0.2, -0.15) is 5.10 Å². The largest absolute Gasteiger partial charge is 0.374 e. The highest BCUT2D eigenvalue weighted by Gasteiger charge is 2.15. The molecule has 1 aliphatic rings. The van der Waals surface area contributed by atoms with Gasteiger partial charge < -0.3 is 15.4 Å². The Hall–Kier alpha value is -2.58. The predicted octanol–water partition coefficient (Wildman–Crippen LogP) is 0.826. The molecular formula is C16H19N7O. The summed E-state index contributed by atoms with van der Waals surface area (Å²) in [5, 5.41) is 10.9. The fourth-order valence-electron chi connectivity index (χ4n) is 2.76. The van der Waals surface area contributed by atoms with E-state index in [2.05, 4.69) is 25.7 Å². The van der Waals surface area contributed by atoms with Gasteiger partial charge in [-0.3, -0.25) is 9.67 Å². The molecule has 24 heavy (non-hydrogen) atoms. The van der Waals surface area contributed by atoms with Crippen molar-refractivity contribution in [3.8, 4) is 11.3 Å². The second-order valence-corrected chi connectivity index (χ2v) is 5.76. The first-order valence-electron chi connectivity index (χ1n) is 7.96. The van der Waals surface area contributed by atoms with Crippen molar-refractivity contribution >= 4 is 16.9 Å². The minimum absolute atomic E-state index is 0.120. The Morgan fingerprint density at radius 3 is 3.08 bits per heavy atom. The molecule has 2 N–H and O–H groups in total. The van der Waals surface area contributed by atoms with E-state index in [1.807, 2.05) is 19.3 Å². The van der Waals surface area contributed by atoms with Gasteiger partial charge in [-0.25, -0.2) is 9.97 Å². The maximum Gasteiger partial charge on any atom is 0.154 e. The summed E-state index contributed by atoms with van der Waals surface area (Å²) in [5.74, 6) is 0.716. The SMILES string of the molecule is Cn1cc(-c2cc3nccnc3c(NC[C@@H]3CNCCO3)n2)cn1. The Morgan fingerprint density at radius 2 is 2.29 bits per heavy atom. The zero-order valence-corrected chi connectivity index (χ0v) is 13.4. The van der Waals surface area contributed by atoms with Gasteiger partial charge in [0.15, 0.2) is 5.82 Å². The molecule has 3 aromatic rings. The Morgan fingerprint density at radius 1 is 1.38 bits per heavy atom. The number of nitrogens with zero attached hydrogens (tertiary/aromatic N) is 5. The molecule has 0 spiro atoms. The average Bonchev–Trinajstić information content (AvgIpc) is 3.07. The van der Waals surface area contributed by atoms with Crippen LogP contribution in [0, 0.1) is 0 Å². The summed E-state index contributed by atoms with van der Waals surface area (Å²) in [6.45, 7) is 3.14. The van der Waals surface area contributed by atoms with Crippen LogP contribution < -0.4 is 10.6 Å². The highest BCUT2D eigenvalue weighted by atomic mass is 16.5. The number of anilines is 1. The number of nitrogens with one attached hydrogen (secondary N) is 2. The number of rotatable bonds is 4. The molecule has 1 fully saturated rings. The lowest BCUT2D eigenvalue weighted by Gasteiger charge is -2.24. The molecule has 0 unspecified atom stereocenters. The fourth-order valence-corrected chi connectivity index (χ4v) is 2.76. The van der Waals surface area contributed by atoms with Crippen molar-refractivity contribution in [2.45, 2.75) is 6.10 Å². The van der Waals surface area contributed by atoms with Gasteiger partial charge in [-0.15, -0.1) is 0 Å². The first-order valence-corrected chi connectivity index (χ1v) is 7.96. The first-order chi connectivity index (χ1) is 11.8. The molecule has 0 aliphatic carbocycles. The molecule has 4 heterocycles. The molecule has 0 amide bonds. The minimum Gasteiger partial charge on any atom is -0.374 e. The van der Waals surface area contributed by atoms with Crippen LogP contribution in [0.4, 0.5) is 5.82 Å². The molecule has 0 bridgehead atoms. The molecular weight excluding hydrogens is 306 g/mol. The first kappa shape index (κ1) is 15.0. The number of fused-ring (bicyclic) bond motifs is 1. The van der Waals surface area contributed by atoms with E-state index in [1.165, 1.54) is 0 Å². The molecule has 0 saturated carbocycles. The summed E-state index contributed by atoms with van der Waals surface area (Å²) in [5.41, 5.74) is 3.33. The van der Waals surface area contributed by atoms with Crippen molar-refractivity contribution < 1.29 is 4.74 Å². The molecule has 4 rings (SSSR count). The zero-order valence-electron chi connectivity index (χ0n) is 13.4. The number of morpholine rings is 1. The summed E-state index contributed by atoms with van der Waals surface area (Å²) < 4.78 is 7.48. The van der Waals surface area contributed by atoms with Crippen molar-refractivity contribution in [3.05, 3.63) is 30.9 Å². The maximum absolute atomic E-state index is 5.73. The Kier molecular flexibility index (Phi) is 4.06. The van der Waals surface area contributed by atoms with Crippen molar-refractivity contribution in [2.24, 2.45) is 7.05 Å². The van der Waals surface area contributed by atoms with E-state index in [9.17, 15) is 0 Å². The van der Waals surface area contributed by atoms with Crippen LogP contribution in [0.5, 0.6) is 0 Å². The molecule has 8 heteroatoms. The van der Waals surface area contributed by atoms with E-state index in [-0.39, 0.29) is 6.10 Å². The standard InChI is InChI=1S/C16H19N7O/c1-23-10-11(7-21-23)13-6-14-15(19-3-2-18-14)16(22-13)20-9-12-8-17-4-5-24-12/h2-3,6-7,10,12,17H,4-5,8-9H2,1H3,(H,20,22)/t12-/m0/s1. The van der Waals surface area contributed by atoms with E-state index < -0.39 is 0 Å². The third kappa shape index (κ3) is 3.06. The lowest BCUT2D eigenvalue weighted by atomic mass is 10.2. The summed E-state index contributed by atoms with van der Waals surface area (Å²) in [6, 6.07) is 1.93. The Bertz CT molecular complexity index is 841. The Balaban J connectivity index is 1.66. The second-order valence-electron chi connectivity index (χ2n) is 5.76. The number of pyridine rings is 1. The van der Waals surface area contributed by atoms with Gasteiger partial charge in [0.05, 0.1) is 30.1 Å². The third-order valence-corrected chi connectivity index (χ3v) is 3.96. The number of aromatic nitrogens is 5. The van der Waals surface area contributed by atoms with Crippen LogP contribution in [0.15, 0.2) is 30.9 Å². The van der Waals surface area contributed by atoms with Gasteiger partial charge >= 0.3 is 0 Å². The highest BCUT2D eigenvalue weighted by Crippen LogP contribution is 2.25. The molecule has 1 aliphatic heterocycles. The molecule has 3 aromatic heterocycles. The van der Waals surface area contributed by atoms with E-state index in [0.717, 1.165) is 42.0 Å². The predicted molar refractivity (Wildman–Crippen MR) is 90.6 cm³/mol. The molecule has 1 saturated heterocycles. The molecule has 1 atom stereocenters. The molecule has 124 valence electrons. The number of aryl methyl sites for hydroxylation is 1. The van der Waals surface area contributed by atoms with Crippen LogP contribution in [0.3, 0.4) is 0 Å². The summed E-state index contributed by atoms with van der Waals surface area (Å²) in [7, 11) is 1.89. The lowest BCUT2D eigenvalue weighted by Crippen LogP contribution is -2.42. The Labute approximate surface area is 139 Å². The van der Waals surface area contributed by atoms with E-state index in [4.69, 9.17) is 9.72 Å². The smallest absolute Gasteiger partial charge is 0.154 e. The monoisotopic (exact) mass is 325 g/mol. The number of ether oxygens (including phenoxy) is 1. The van der Waals surface area contributed by atoms with Crippen molar-refractivity contribution in [2.75, 3.05) is 31.6 Å². The average molecular weight is 325 g/mol. The van der Waals surface area contributed by atoms with Crippen LogP contribution in [0.25, 0.3) is 22.3 Å². The maximum atomic E-state index is 5.73. The minimum atomic E-state index is 0.120. The second kappa shape index (κ2) is 6.50. The normalized spacial score (nSPS) is 18.0. The topological polar surface area (TPSA) is 89.8 Å². The van der Waals surface area contributed by atoms with Crippen LogP contribution in [-0.4, -0.2) is 57.1 Å².